The largest absolute Gasteiger partial charge is 0.389 e. The molecule has 164 valence electrons. The van der Waals surface area contributed by atoms with Crippen LogP contribution in [-0.4, -0.2) is 50.8 Å². The van der Waals surface area contributed by atoms with E-state index in [0.717, 1.165) is 5.69 Å². The van der Waals surface area contributed by atoms with Crippen LogP contribution >= 0.6 is 11.6 Å². The quantitative estimate of drug-likeness (QED) is 0.555. The van der Waals surface area contributed by atoms with Gasteiger partial charge in [0.2, 0.25) is 11.8 Å². The van der Waals surface area contributed by atoms with Crippen LogP contribution in [0.4, 0.5) is 5.69 Å². The van der Waals surface area contributed by atoms with Gasteiger partial charge < -0.3 is 9.57 Å². The van der Waals surface area contributed by atoms with Crippen molar-refractivity contribution >= 4 is 34.8 Å². The predicted octanol–water partition coefficient (Wildman–Crippen LogP) is 2.23. The lowest BCUT2D eigenvalue weighted by molar-refractivity contribution is -0.125. The number of halogens is 1. The van der Waals surface area contributed by atoms with Crippen molar-refractivity contribution in [2.24, 2.45) is 22.9 Å². The van der Waals surface area contributed by atoms with Crippen molar-refractivity contribution in [2.75, 3.05) is 4.90 Å². The van der Waals surface area contributed by atoms with Gasteiger partial charge in [0.1, 0.15) is 17.5 Å². The number of ether oxygens (including phenoxy) is 1. The van der Waals surface area contributed by atoms with E-state index < -0.39 is 30.1 Å². The van der Waals surface area contributed by atoms with Gasteiger partial charge in [-0.25, -0.2) is 4.90 Å². The second-order valence-electron chi connectivity index (χ2n) is 8.53. The zero-order chi connectivity index (χ0) is 22.3. The topological polar surface area (TPSA) is 98.9 Å². The van der Waals surface area contributed by atoms with Gasteiger partial charge in [0.05, 0.1) is 41.4 Å². The molecule has 3 aromatic rings. The summed E-state index contributed by atoms with van der Waals surface area (Å²) >= 11 is 5.97. The monoisotopic (exact) mass is 461 g/mol. The van der Waals surface area contributed by atoms with E-state index in [1.807, 2.05) is 30.3 Å². The average Bonchev–Trinajstić information content (AvgIpc) is 3.63. The molecule has 0 radical (unpaired) electrons. The Bertz CT molecular complexity index is 1320. The van der Waals surface area contributed by atoms with Gasteiger partial charge in [-0.05, 0) is 36.4 Å². The molecule has 0 spiro atoms. The molecule has 5 heterocycles. The first-order valence-corrected chi connectivity index (χ1v) is 11.0. The highest BCUT2D eigenvalue weighted by molar-refractivity contribution is 6.31. The van der Waals surface area contributed by atoms with Gasteiger partial charge in [0.25, 0.3) is 0 Å². The summed E-state index contributed by atoms with van der Waals surface area (Å²) in [5, 5.41) is 13.7. The Hall–Kier alpha value is -3.56. The Morgan fingerprint density at radius 1 is 0.818 bits per heavy atom. The minimum atomic E-state index is -0.589. The standard InChI is InChI=1S/C23H16ClN5O4/c24-11-6-8-12(9-7-11)28-22(30)15-16(23(28)31)20-21-17(19(15)32-20)18(27-33-21)14-10-25-29(26-14)13-4-2-1-3-5-13/h1-10,15-17,19-21H/t15-,16+,17-,19-,20+,21-/m1/s1. The number of oxime groups is 1. The maximum absolute atomic E-state index is 13.4. The van der Waals surface area contributed by atoms with E-state index in [-0.39, 0.29) is 17.7 Å². The summed E-state index contributed by atoms with van der Waals surface area (Å²) in [5.74, 6) is -2.01. The Morgan fingerprint density at radius 3 is 2.30 bits per heavy atom. The van der Waals surface area contributed by atoms with E-state index in [4.69, 9.17) is 21.2 Å². The third kappa shape index (κ3) is 2.54. The molecule has 0 saturated carbocycles. The van der Waals surface area contributed by atoms with E-state index in [2.05, 4.69) is 15.4 Å². The molecule has 7 rings (SSSR count). The highest BCUT2D eigenvalue weighted by atomic mass is 35.5. The summed E-state index contributed by atoms with van der Waals surface area (Å²) in [5.41, 5.74) is 2.48. The number of imide groups is 1. The van der Waals surface area contributed by atoms with Crippen molar-refractivity contribution in [2.45, 2.75) is 18.3 Å². The number of anilines is 1. The Labute approximate surface area is 192 Å². The summed E-state index contributed by atoms with van der Waals surface area (Å²) in [6.45, 7) is 0. The molecule has 2 amide bonds. The molecule has 4 aliphatic rings. The number of carbonyl (C=O) groups excluding carboxylic acids is 2. The van der Waals surface area contributed by atoms with Crippen LogP contribution in [0.25, 0.3) is 5.69 Å². The van der Waals surface area contributed by atoms with Crippen LogP contribution in [0.5, 0.6) is 0 Å². The average molecular weight is 462 g/mol. The van der Waals surface area contributed by atoms with Crippen molar-refractivity contribution in [3.8, 4) is 5.69 Å². The van der Waals surface area contributed by atoms with E-state index in [1.165, 1.54) is 9.70 Å². The Kier molecular flexibility index (Phi) is 3.86. The first-order chi connectivity index (χ1) is 16.1. The fourth-order valence-corrected chi connectivity index (χ4v) is 5.61. The lowest BCUT2D eigenvalue weighted by Gasteiger charge is -2.25. The van der Waals surface area contributed by atoms with E-state index in [0.29, 0.717) is 22.1 Å². The van der Waals surface area contributed by atoms with Crippen LogP contribution in [-0.2, 0) is 19.2 Å². The van der Waals surface area contributed by atoms with Gasteiger partial charge in [-0.1, -0.05) is 35.0 Å². The third-order valence-electron chi connectivity index (χ3n) is 6.87. The van der Waals surface area contributed by atoms with Crippen molar-refractivity contribution in [1.29, 1.82) is 0 Å². The number of fused-ring (bicyclic) bond motifs is 8. The van der Waals surface area contributed by atoms with Crippen LogP contribution in [0.15, 0.2) is 65.9 Å². The predicted molar refractivity (Wildman–Crippen MR) is 116 cm³/mol. The van der Waals surface area contributed by atoms with Crippen LogP contribution < -0.4 is 4.90 Å². The molecular weight excluding hydrogens is 446 g/mol. The summed E-state index contributed by atoms with van der Waals surface area (Å²) < 4.78 is 6.14. The van der Waals surface area contributed by atoms with Crippen molar-refractivity contribution < 1.29 is 19.2 Å². The van der Waals surface area contributed by atoms with Crippen molar-refractivity contribution in [1.82, 2.24) is 15.0 Å². The molecule has 0 aliphatic carbocycles. The van der Waals surface area contributed by atoms with Gasteiger partial charge in [0.15, 0.2) is 6.10 Å². The molecule has 0 unspecified atom stereocenters. The maximum Gasteiger partial charge on any atom is 0.240 e. The molecule has 1 aromatic heterocycles. The zero-order valence-corrected chi connectivity index (χ0v) is 17.7. The summed E-state index contributed by atoms with van der Waals surface area (Å²) in [6.07, 6.45) is 0.143. The fourth-order valence-electron chi connectivity index (χ4n) is 5.48. The van der Waals surface area contributed by atoms with Gasteiger partial charge in [-0.15, -0.1) is 5.10 Å². The molecule has 0 N–H and O–H groups in total. The van der Waals surface area contributed by atoms with Gasteiger partial charge in [0, 0.05) is 5.02 Å². The third-order valence-corrected chi connectivity index (χ3v) is 7.12. The molecule has 33 heavy (non-hydrogen) atoms. The first kappa shape index (κ1) is 19.0. The first-order valence-electron chi connectivity index (χ1n) is 10.6. The molecule has 2 aromatic carbocycles. The van der Waals surface area contributed by atoms with Gasteiger partial charge in [-0.2, -0.15) is 9.90 Å². The summed E-state index contributed by atoms with van der Waals surface area (Å²) in [7, 11) is 0. The SMILES string of the molecule is O=C1[C@@H]2[C@@H]3O[C@@H]([C@H]4C(c5cnn(-c6ccccc6)n5)=NO[C@@H]34)[C@@H]2C(=O)N1c1ccc(Cl)cc1. The van der Waals surface area contributed by atoms with E-state index in [1.54, 1.807) is 30.5 Å². The van der Waals surface area contributed by atoms with Crippen LogP contribution in [0.2, 0.25) is 5.02 Å². The number of aromatic nitrogens is 3. The minimum absolute atomic E-state index is 0.266. The van der Waals surface area contributed by atoms with Crippen LogP contribution in [0, 0.1) is 17.8 Å². The molecule has 2 bridgehead atoms. The van der Waals surface area contributed by atoms with E-state index >= 15 is 0 Å². The number of hydrogen-bond acceptors (Lipinski definition) is 7. The smallest absolute Gasteiger partial charge is 0.240 e. The highest BCUT2D eigenvalue weighted by Crippen LogP contribution is 2.55. The van der Waals surface area contributed by atoms with Crippen LogP contribution in [0.1, 0.15) is 5.69 Å². The minimum Gasteiger partial charge on any atom is -0.389 e. The van der Waals surface area contributed by atoms with Crippen molar-refractivity contribution in [3.63, 3.8) is 0 Å². The lowest BCUT2D eigenvalue weighted by atomic mass is 9.72. The molecular formula is C23H16ClN5O4. The number of rotatable bonds is 3. The van der Waals surface area contributed by atoms with Crippen molar-refractivity contribution in [3.05, 3.63) is 71.5 Å². The fraction of sp³-hybridized carbons (Fsp3) is 0.261. The Balaban J connectivity index is 1.20. The normalized spacial score (nSPS) is 31.5. The number of nitrogens with zero attached hydrogens (tertiary/aromatic N) is 5. The van der Waals surface area contributed by atoms with Crippen LogP contribution in [0.3, 0.4) is 0 Å². The number of carbonyl (C=O) groups is 2. The molecule has 4 aliphatic heterocycles. The summed E-state index contributed by atoms with van der Waals surface area (Å²) in [4.78, 5) is 35.1. The zero-order valence-electron chi connectivity index (χ0n) is 17.0. The van der Waals surface area contributed by atoms with E-state index in [9.17, 15) is 9.59 Å². The number of para-hydroxylation sites is 1. The molecule has 10 heteroatoms. The Morgan fingerprint density at radius 2 is 1.55 bits per heavy atom. The lowest BCUT2D eigenvalue weighted by Crippen LogP contribution is -2.45. The summed E-state index contributed by atoms with van der Waals surface area (Å²) in [6, 6.07) is 16.2. The number of hydrogen-bond donors (Lipinski definition) is 0. The molecule has 6 atom stereocenters. The number of amides is 2. The second-order valence-corrected chi connectivity index (χ2v) is 8.97. The molecule has 9 nitrogen and oxygen atoms in total. The second kappa shape index (κ2) is 6.72. The molecule has 3 saturated heterocycles. The highest BCUT2D eigenvalue weighted by Gasteiger charge is 2.72. The maximum atomic E-state index is 13.4. The number of benzene rings is 2. The van der Waals surface area contributed by atoms with Gasteiger partial charge >= 0.3 is 0 Å². The molecule has 3 fully saturated rings. The van der Waals surface area contributed by atoms with Gasteiger partial charge in [-0.3, -0.25) is 9.59 Å².